The van der Waals surface area contributed by atoms with Gasteiger partial charge in [-0.1, -0.05) is 6.07 Å². The molecule has 1 saturated heterocycles. The second-order valence-electron chi connectivity index (χ2n) is 6.59. The maximum atomic E-state index is 12.3. The number of piperidine rings is 1. The Balaban J connectivity index is 1.48. The smallest absolute Gasteiger partial charge is 0.317 e. The van der Waals surface area contributed by atoms with Crippen LogP contribution < -0.4 is 5.32 Å². The number of aromatic nitrogens is 1. The van der Waals surface area contributed by atoms with E-state index in [1.165, 1.54) is 17.4 Å². The number of likely N-dealkylation sites (tertiary alicyclic amines) is 1. The van der Waals surface area contributed by atoms with Crippen molar-refractivity contribution in [3.8, 4) is 0 Å². The van der Waals surface area contributed by atoms with Crippen LogP contribution in [-0.2, 0) is 6.42 Å². The van der Waals surface area contributed by atoms with Gasteiger partial charge in [-0.25, -0.2) is 4.79 Å². The fraction of sp³-hybridized carbons (Fsp3) is 0.500. The summed E-state index contributed by atoms with van der Waals surface area (Å²) < 4.78 is 0. The Morgan fingerprint density at radius 1 is 1.39 bits per heavy atom. The lowest BCUT2D eigenvalue weighted by atomic mass is 10.1. The number of hydrogen-bond donors (Lipinski definition) is 2. The first-order valence-corrected chi connectivity index (χ1v) is 8.39. The number of nitrogens with zero attached hydrogens (tertiary/aromatic N) is 2. The van der Waals surface area contributed by atoms with Crippen molar-refractivity contribution < 1.29 is 4.79 Å². The fourth-order valence-electron chi connectivity index (χ4n) is 3.24. The molecule has 1 aliphatic heterocycles. The lowest BCUT2D eigenvalue weighted by Gasteiger charge is -2.36. The van der Waals surface area contributed by atoms with Crippen molar-refractivity contribution in [2.45, 2.75) is 25.3 Å². The Hall–Kier alpha value is -2.01. The number of likely N-dealkylation sites (N-methyl/N-ethyl adjacent to an activating group) is 1. The Kier molecular flexibility index (Phi) is 4.86. The fourth-order valence-corrected chi connectivity index (χ4v) is 3.24. The first-order chi connectivity index (χ1) is 11.1. The minimum absolute atomic E-state index is 0.0688. The summed E-state index contributed by atoms with van der Waals surface area (Å²) in [6.07, 6.45) is 5.07. The minimum Gasteiger partial charge on any atom is -0.361 e. The second kappa shape index (κ2) is 7.04. The molecule has 2 aromatic rings. The van der Waals surface area contributed by atoms with E-state index in [1.807, 2.05) is 11.1 Å². The van der Waals surface area contributed by atoms with E-state index < -0.39 is 0 Å². The number of aromatic amines is 1. The van der Waals surface area contributed by atoms with Crippen LogP contribution in [0.1, 0.15) is 18.4 Å². The molecule has 5 nitrogen and oxygen atoms in total. The van der Waals surface area contributed by atoms with Crippen LogP contribution >= 0.6 is 0 Å². The molecule has 1 fully saturated rings. The highest BCUT2D eigenvalue weighted by Crippen LogP contribution is 2.15. The van der Waals surface area contributed by atoms with Crippen molar-refractivity contribution in [1.82, 2.24) is 20.1 Å². The largest absolute Gasteiger partial charge is 0.361 e. The highest BCUT2D eigenvalue weighted by Gasteiger charge is 2.24. The van der Waals surface area contributed by atoms with Gasteiger partial charge in [-0.2, -0.15) is 0 Å². The maximum absolute atomic E-state index is 12.3. The Bertz CT molecular complexity index is 664. The number of carbonyl (C=O) groups is 1. The number of hydrogen-bond acceptors (Lipinski definition) is 2. The molecule has 3 rings (SSSR count). The van der Waals surface area contributed by atoms with E-state index >= 15 is 0 Å². The predicted molar refractivity (Wildman–Crippen MR) is 93.7 cm³/mol. The van der Waals surface area contributed by atoms with Crippen molar-refractivity contribution >= 4 is 16.9 Å². The standard InChI is InChI=1S/C18H26N4O/c1-21(2)16-4-3-11-22(13-16)18(23)20-9-7-14-5-6-17-15(12-14)8-10-19-17/h5-6,8,10,12,16,19H,3-4,7,9,11,13H2,1-2H3,(H,20,23). The molecule has 0 bridgehead atoms. The third-order valence-corrected chi connectivity index (χ3v) is 4.72. The zero-order chi connectivity index (χ0) is 16.2. The number of nitrogens with one attached hydrogen (secondary N) is 2. The van der Waals surface area contributed by atoms with Crippen molar-refractivity contribution in [2.75, 3.05) is 33.7 Å². The van der Waals surface area contributed by atoms with Gasteiger partial charge < -0.3 is 20.1 Å². The van der Waals surface area contributed by atoms with Crippen LogP contribution in [0.4, 0.5) is 4.79 Å². The van der Waals surface area contributed by atoms with Crippen molar-refractivity contribution in [3.63, 3.8) is 0 Å². The molecular formula is C18H26N4O. The van der Waals surface area contributed by atoms with Gasteiger partial charge in [-0.15, -0.1) is 0 Å². The maximum Gasteiger partial charge on any atom is 0.317 e. The zero-order valence-electron chi connectivity index (χ0n) is 14.0. The molecule has 2 amide bonds. The number of benzene rings is 1. The van der Waals surface area contributed by atoms with Crippen LogP contribution in [0.5, 0.6) is 0 Å². The molecule has 1 aromatic carbocycles. The summed E-state index contributed by atoms with van der Waals surface area (Å²) in [5.41, 5.74) is 2.41. The average Bonchev–Trinajstić information content (AvgIpc) is 3.02. The van der Waals surface area contributed by atoms with E-state index in [-0.39, 0.29) is 6.03 Å². The number of rotatable bonds is 4. The van der Waals surface area contributed by atoms with E-state index in [2.05, 4.69) is 53.6 Å². The molecule has 124 valence electrons. The third-order valence-electron chi connectivity index (χ3n) is 4.72. The lowest BCUT2D eigenvalue weighted by Crippen LogP contribution is -2.50. The number of amides is 2. The molecule has 1 atom stereocenters. The van der Waals surface area contributed by atoms with Crippen LogP contribution in [0.15, 0.2) is 30.5 Å². The normalized spacial score (nSPS) is 18.6. The molecule has 1 aromatic heterocycles. The topological polar surface area (TPSA) is 51.4 Å². The Morgan fingerprint density at radius 2 is 2.26 bits per heavy atom. The molecule has 2 heterocycles. The van der Waals surface area contributed by atoms with Gasteiger partial charge in [-0.05, 0) is 62.5 Å². The summed E-state index contributed by atoms with van der Waals surface area (Å²) in [6.45, 7) is 2.37. The molecule has 5 heteroatoms. The number of carbonyl (C=O) groups excluding carboxylic acids is 1. The predicted octanol–water partition coefficient (Wildman–Crippen LogP) is 2.45. The summed E-state index contributed by atoms with van der Waals surface area (Å²) >= 11 is 0. The summed E-state index contributed by atoms with van der Waals surface area (Å²) in [7, 11) is 4.17. The molecule has 23 heavy (non-hydrogen) atoms. The third kappa shape index (κ3) is 3.85. The van der Waals surface area contributed by atoms with E-state index in [9.17, 15) is 4.79 Å². The van der Waals surface area contributed by atoms with E-state index in [4.69, 9.17) is 0 Å². The molecule has 1 unspecified atom stereocenters. The van der Waals surface area contributed by atoms with Gasteiger partial charge in [0.2, 0.25) is 0 Å². The highest BCUT2D eigenvalue weighted by molar-refractivity contribution is 5.80. The average molecular weight is 314 g/mol. The van der Waals surface area contributed by atoms with Gasteiger partial charge in [0.15, 0.2) is 0 Å². The SMILES string of the molecule is CN(C)C1CCCN(C(=O)NCCc2ccc3[nH]ccc3c2)C1. The van der Waals surface area contributed by atoms with Crippen LogP contribution in [0.25, 0.3) is 10.9 Å². The molecular weight excluding hydrogens is 288 g/mol. The van der Waals surface area contributed by atoms with Gasteiger partial charge in [-0.3, -0.25) is 0 Å². The lowest BCUT2D eigenvalue weighted by molar-refractivity contribution is 0.140. The zero-order valence-corrected chi connectivity index (χ0v) is 14.0. The van der Waals surface area contributed by atoms with Crippen LogP contribution in [0.2, 0.25) is 0 Å². The van der Waals surface area contributed by atoms with Gasteiger partial charge >= 0.3 is 6.03 Å². The summed E-state index contributed by atoms with van der Waals surface area (Å²) in [5.74, 6) is 0. The first-order valence-electron chi connectivity index (χ1n) is 8.39. The minimum atomic E-state index is 0.0688. The number of urea groups is 1. The molecule has 2 N–H and O–H groups in total. The molecule has 0 aliphatic carbocycles. The van der Waals surface area contributed by atoms with Crippen molar-refractivity contribution in [3.05, 3.63) is 36.0 Å². The monoisotopic (exact) mass is 314 g/mol. The Labute approximate surface area is 137 Å². The molecule has 1 aliphatic rings. The molecule has 0 radical (unpaired) electrons. The second-order valence-corrected chi connectivity index (χ2v) is 6.59. The van der Waals surface area contributed by atoms with Crippen molar-refractivity contribution in [1.29, 1.82) is 0 Å². The summed E-state index contributed by atoms with van der Waals surface area (Å²) in [6, 6.07) is 9.02. The summed E-state index contributed by atoms with van der Waals surface area (Å²) in [4.78, 5) is 19.7. The van der Waals surface area contributed by atoms with E-state index in [1.54, 1.807) is 0 Å². The molecule has 0 spiro atoms. The summed E-state index contributed by atoms with van der Waals surface area (Å²) in [5, 5.41) is 4.28. The van der Waals surface area contributed by atoms with Crippen LogP contribution in [-0.4, -0.2) is 60.6 Å². The van der Waals surface area contributed by atoms with E-state index in [0.29, 0.717) is 12.6 Å². The quantitative estimate of drug-likeness (QED) is 0.911. The van der Waals surface area contributed by atoms with Crippen LogP contribution in [0, 0.1) is 0 Å². The van der Waals surface area contributed by atoms with Crippen molar-refractivity contribution in [2.24, 2.45) is 0 Å². The van der Waals surface area contributed by atoms with Gasteiger partial charge in [0, 0.05) is 37.4 Å². The number of H-pyrrole nitrogens is 1. The van der Waals surface area contributed by atoms with Gasteiger partial charge in [0.05, 0.1) is 0 Å². The molecule has 0 saturated carbocycles. The number of fused-ring (bicyclic) bond motifs is 1. The van der Waals surface area contributed by atoms with Crippen LogP contribution in [0.3, 0.4) is 0 Å². The first kappa shape index (κ1) is 15.9. The highest BCUT2D eigenvalue weighted by atomic mass is 16.2. The van der Waals surface area contributed by atoms with E-state index in [0.717, 1.165) is 31.4 Å². The van der Waals surface area contributed by atoms with Gasteiger partial charge in [0.25, 0.3) is 0 Å². The van der Waals surface area contributed by atoms with Gasteiger partial charge in [0.1, 0.15) is 0 Å². The Morgan fingerprint density at radius 3 is 3.09 bits per heavy atom.